The van der Waals surface area contributed by atoms with E-state index in [1.165, 1.54) is 25.1 Å². The number of carbonyl (C=O) groups is 1. The molecule has 31 heavy (non-hydrogen) atoms. The van der Waals surface area contributed by atoms with E-state index in [2.05, 4.69) is 5.32 Å². The summed E-state index contributed by atoms with van der Waals surface area (Å²) in [5, 5.41) is 13.7. The number of anilines is 2. The van der Waals surface area contributed by atoms with Crippen molar-refractivity contribution in [3.8, 4) is 0 Å². The van der Waals surface area contributed by atoms with Crippen LogP contribution in [0.15, 0.2) is 47.3 Å². The van der Waals surface area contributed by atoms with E-state index in [4.69, 9.17) is 0 Å². The molecule has 1 aromatic heterocycles. The number of amides is 1. The fourth-order valence-electron chi connectivity index (χ4n) is 3.24. The lowest BCUT2D eigenvalue weighted by Crippen LogP contribution is -2.45. The Morgan fingerprint density at radius 1 is 1.29 bits per heavy atom. The first-order chi connectivity index (χ1) is 14.5. The third-order valence-electron chi connectivity index (χ3n) is 4.64. The number of nitrogens with one attached hydrogen (secondary N) is 1. The summed E-state index contributed by atoms with van der Waals surface area (Å²) in [6.07, 6.45) is 0.923. The molecule has 0 radical (unpaired) electrons. The number of carbonyl (C=O) groups excluding carboxylic acids is 1. The minimum Gasteiger partial charge on any atom is -0.324 e. The van der Waals surface area contributed by atoms with Gasteiger partial charge in [-0.1, -0.05) is 17.4 Å². The number of nitro groups is 1. The Balaban J connectivity index is 1.92. The SMILES string of the molecule is CCn1c(=O)sc2cc(NC(=O)C(C)N(c3cccc([N+](=O)[O-])c3)S(C)(=O)=O)ccc21. The van der Waals surface area contributed by atoms with E-state index in [9.17, 15) is 28.1 Å². The second-order valence-corrected chi connectivity index (χ2v) is 9.65. The maximum atomic E-state index is 12.8. The summed E-state index contributed by atoms with van der Waals surface area (Å²) in [5.41, 5.74) is 0.867. The molecule has 0 aliphatic rings. The van der Waals surface area contributed by atoms with Gasteiger partial charge in [0.25, 0.3) is 5.69 Å². The zero-order chi connectivity index (χ0) is 22.9. The summed E-state index contributed by atoms with van der Waals surface area (Å²) in [6, 6.07) is 8.87. The molecule has 0 bridgehead atoms. The zero-order valence-corrected chi connectivity index (χ0v) is 18.6. The van der Waals surface area contributed by atoms with Crippen molar-refractivity contribution in [2.75, 3.05) is 15.9 Å². The Morgan fingerprint density at radius 3 is 2.61 bits per heavy atom. The fraction of sp³-hybridized carbons (Fsp3) is 0.263. The highest BCUT2D eigenvalue weighted by molar-refractivity contribution is 7.92. The lowest BCUT2D eigenvalue weighted by molar-refractivity contribution is -0.384. The van der Waals surface area contributed by atoms with Crippen LogP contribution in [-0.4, -0.2) is 36.1 Å². The van der Waals surface area contributed by atoms with Gasteiger partial charge in [0.15, 0.2) is 0 Å². The van der Waals surface area contributed by atoms with Crippen molar-refractivity contribution >= 4 is 54.5 Å². The minimum absolute atomic E-state index is 0.00745. The van der Waals surface area contributed by atoms with E-state index in [1.807, 2.05) is 6.92 Å². The van der Waals surface area contributed by atoms with E-state index in [1.54, 1.807) is 22.8 Å². The van der Waals surface area contributed by atoms with Gasteiger partial charge in [0.05, 0.1) is 27.1 Å². The van der Waals surface area contributed by atoms with Crippen molar-refractivity contribution < 1.29 is 18.1 Å². The zero-order valence-electron chi connectivity index (χ0n) is 16.9. The Labute approximate surface area is 181 Å². The van der Waals surface area contributed by atoms with E-state index < -0.39 is 26.9 Å². The van der Waals surface area contributed by atoms with Crippen molar-refractivity contribution in [1.82, 2.24) is 4.57 Å². The molecule has 12 heteroatoms. The minimum atomic E-state index is -3.93. The summed E-state index contributed by atoms with van der Waals surface area (Å²) in [5.74, 6) is -0.626. The summed E-state index contributed by atoms with van der Waals surface area (Å²) in [6.45, 7) is 3.77. The van der Waals surface area contributed by atoms with Gasteiger partial charge in [0.2, 0.25) is 15.9 Å². The molecule has 10 nitrogen and oxygen atoms in total. The molecule has 1 amide bonds. The van der Waals surface area contributed by atoms with Gasteiger partial charge in [-0.3, -0.25) is 28.6 Å². The monoisotopic (exact) mass is 464 g/mol. The maximum Gasteiger partial charge on any atom is 0.308 e. The van der Waals surface area contributed by atoms with Gasteiger partial charge in [0, 0.05) is 24.4 Å². The Morgan fingerprint density at radius 2 is 2.00 bits per heavy atom. The molecule has 1 N–H and O–H groups in total. The van der Waals surface area contributed by atoms with Crippen molar-refractivity contribution in [3.63, 3.8) is 0 Å². The second kappa shape index (κ2) is 8.47. The molecule has 0 spiro atoms. The Kier molecular flexibility index (Phi) is 6.13. The smallest absolute Gasteiger partial charge is 0.308 e. The van der Waals surface area contributed by atoms with Gasteiger partial charge < -0.3 is 5.32 Å². The predicted octanol–water partition coefficient (Wildman–Crippen LogP) is 2.78. The summed E-state index contributed by atoms with van der Waals surface area (Å²) in [4.78, 5) is 35.2. The van der Waals surface area contributed by atoms with Crippen LogP contribution in [0.2, 0.25) is 0 Å². The van der Waals surface area contributed by atoms with Crippen molar-refractivity contribution in [2.24, 2.45) is 0 Å². The molecule has 0 saturated heterocycles. The molecule has 0 aliphatic carbocycles. The molecule has 0 aliphatic heterocycles. The molecule has 1 atom stereocenters. The third-order valence-corrected chi connectivity index (χ3v) is 6.82. The first kappa shape index (κ1) is 22.4. The number of fused-ring (bicyclic) bond motifs is 1. The highest BCUT2D eigenvalue weighted by Gasteiger charge is 2.30. The van der Waals surface area contributed by atoms with Crippen molar-refractivity contribution in [3.05, 3.63) is 62.2 Å². The van der Waals surface area contributed by atoms with Gasteiger partial charge in [-0.25, -0.2) is 8.42 Å². The number of nitrogens with zero attached hydrogens (tertiary/aromatic N) is 3. The van der Waals surface area contributed by atoms with Crippen molar-refractivity contribution in [1.29, 1.82) is 0 Å². The van der Waals surface area contributed by atoms with E-state index in [0.717, 1.165) is 33.5 Å². The van der Waals surface area contributed by atoms with Gasteiger partial charge in [0.1, 0.15) is 6.04 Å². The fourth-order valence-corrected chi connectivity index (χ4v) is 5.40. The molecule has 3 rings (SSSR count). The highest BCUT2D eigenvalue weighted by atomic mass is 32.2. The lowest BCUT2D eigenvalue weighted by atomic mass is 10.2. The van der Waals surface area contributed by atoms with Crippen LogP contribution in [-0.2, 0) is 21.4 Å². The summed E-state index contributed by atoms with van der Waals surface area (Å²) >= 11 is 1.05. The van der Waals surface area contributed by atoms with Crippen LogP contribution in [0.1, 0.15) is 13.8 Å². The number of benzene rings is 2. The lowest BCUT2D eigenvalue weighted by Gasteiger charge is -2.28. The van der Waals surface area contributed by atoms with Crippen LogP contribution in [0.5, 0.6) is 0 Å². The predicted molar refractivity (Wildman–Crippen MR) is 120 cm³/mol. The first-order valence-corrected chi connectivity index (χ1v) is 11.9. The summed E-state index contributed by atoms with van der Waals surface area (Å²) < 4.78 is 27.9. The Hall–Kier alpha value is -3.25. The number of sulfonamides is 1. The Bertz CT molecular complexity index is 1330. The van der Waals surface area contributed by atoms with E-state index in [0.29, 0.717) is 16.9 Å². The van der Waals surface area contributed by atoms with Crippen LogP contribution in [0.4, 0.5) is 17.1 Å². The third kappa shape index (κ3) is 4.59. The maximum absolute atomic E-state index is 12.8. The molecular formula is C19H20N4O6S2. The van der Waals surface area contributed by atoms with Gasteiger partial charge in [-0.05, 0) is 38.1 Å². The largest absolute Gasteiger partial charge is 0.324 e. The van der Waals surface area contributed by atoms with Gasteiger partial charge in [-0.2, -0.15) is 0 Å². The quantitative estimate of drug-likeness (QED) is 0.422. The number of nitro benzene ring substituents is 1. The molecule has 0 saturated carbocycles. The van der Waals surface area contributed by atoms with E-state index >= 15 is 0 Å². The number of thiazole rings is 1. The van der Waals surface area contributed by atoms with Crippen molar-refractivity contribution in [2.45, 2.75) is 26.4 Å². The topological polar surface area (TPSA) is 132 Å². The highest BCUT2D eigenvalue weighted by Crippen LogP contribution is 2.26. The summed E-state index contributed by atoms with van der Waals surface area (Å²) in [7, 11) is -3.93. The van der Waals surface area contributed by atoms with Crippen LogP contribution < -0.4 is 14.5 Å². The number of hydrogen-bond donors (Lipinski definition) is 1. The standard InChI is InChI=1S/C19H20N4O6S2/c1-4-21-16-9-8-13(10-17(16)30-19(21)25)20-18(24)12(2)22(31(3,28)29)14-6-5-7-15(11-14)23(26)27/h5-12H,4H2,1-3H3,(H,20,24). The molecule has 1 heterocycles. The number of aryl methyl sites for hydroxylation is 1. The van der Waals surface area contributed by atoms with Crippen LogP contribution in [0.3, 0.4) is 0 Å². The number of non-ortho nitro benzene ring substituents is 1. The number of aromatic nitrogens is 1. The average Bonchev–Trinajstić information content (AvgIpc) is 3.01. The number of rotatable bonds is 7. The second-order valence-electron chi connectivity index (χ2n) is 6.80. The van der Waals surface area contributed by atoms with Crippen LogP contribution in [0, 0.1) is 10.1 Å². The molecule has 1 unspecified atom stereocenters. The molecule has 3 aromatic rings. The van der Waals surface area contributed by atoms with Crippen LogP contribution in [0.25, 0.3) is 10.2 Å². The first-order valence-electron chi connectivity index (χ1n) is 9.21. The average molecular weight is 465 g/mol. The number of hydrogen-bond acceptors (Lipinski definition) is 7. The normalized spacial score (nSPS) is 12.5. The molecular weight excluding hydrogens is 444 g/mol. The van der Waals surface area contributed by atoms with Crippen LogP contribution >= 0.6 is 11.3 Å². The van der Waals surface area contributed by atoms with Gasteiger partial charge >= 0.3 is 4.87 Å². The molecule has 2 aromatic carbocycles. The van der Waals surface area contributed by atoms with Gasteiger partial charge in [-0.15, -0.1) is 0 Å². The molecule has 0 fully saturated rings. The van der Waals surface area contributed by atoms with E-state index in [-0.39, 0.29) is 16.2 Å². The molecule has 164 valence electrons.